The van der Waals surface area contributed by atoms with Crippen molar-refractivity contribution in [2.75, 3.05) is 0 Å². The van der Waals surface area contributed by atoms with E-state index in [0.29, 0.717) is 29.5 Å². The molecule has 2 aromatic rings. The monoisotopic (exact) mass is 532 g/mol. The summed E-state index contributed by atoms with van der Waals surface area (Å²) in [6, 6.07) is 2.86. The number of alkyl halides is 2. The molecule has 2 fully saturated rings. The van der Waals surface area contributed by atoms with Gasteiger partial charge in [0.15, 0.2) is 17.5 Å². The molecule has 0 bridgehead atoms. The second-order valence-electron chi connectivity index (χ2n) is 10.3. The van der Waals surface area contributed by atoms with E-state index in [1.807, 2.05) is 0 Å². The third-order valence-corrected chi connectivity index (χ3v) is 8.47. The van der Waals surface area contributed by atoms with Gasteiger partial charge in [0.1, 0.15) is 11.6 Å². The Morgan fingerprint density at radius 3 is 1.94 bits per heavy atom. The van der Waals surface area contributed by atoms with Gasteiger partial charge in [-0.15, -0.1) is 0 Å². The largest absolute Gasteiger partial charge is 0.429 e. The summed E-state index contributed by atoms with van der Waals surface area (Å²) in [5.74, 6) is -4.98. The molecule has 0 aromatic heterocycles. The van der Waals surface area contributed by atoms with E-state index in [0.717, 1.165) is 37.7 Å². The molecule has 0 saturated heterocycles. The SMILES string of the molecule is CCCC1CCC(C2CCC(c3ccc(C(F)(F)Oc4cc(F)c(F)c(F)c4)c(Cl)c3F)CC2)CC1. The summed E-state index contributed by atoms with van der Waals surface area (Å²) >= 11 is 6.00. The van der Waals surface area contributed by atoms with E-state index in [-0.39, 0.29) is 5.92 Å². The first-order valence-corrected chi connectivity index (χ1v) is 13.2. The van der Waals surface area contributed by atoms with Gasteiger partial charge in [0, 0.05) is 12.1 Å². The van der Waals surface area contributed by atoms with Gasteiger partial charge in [-0.3, -0.25) is 0 Å². The summed E-state index contributed by atoms with van der Waals surface area (Å²) in [6.07, 6.45) is 6.93. The summed E-state index contributed by atoms with van der Waals surface area (Å²) in [6.45, 7) is 2.23. The van der Waals surface area contributed by atoms with Crippen LogP contribution in [-0.4, -0.2) is 0 Å². The van der Waals surface area contributed by atoms with Crippen molar-refractivity contribution in [3.63, 3.8) is 0 Å². The van der Waals surface area contributed by atoms with Crippen LogP contribution < -0.4 is 4.74 Å². The fourth-order valence-electron chi connectivity index (χ4n) is 6.16. The smallest absolute Gasteiger partial charge is 0.428 e. The Labute approximate surface area is 213 Å². The lowest BCUT2D eigenvalue weighted by molar-refractivity contribution is -0.185. The summed E-state index contributed by atoms with van der Waals surface area (Å²) in [5.41, 5.74) is -0.670. The number of hydrogen-bond donors (Lipinski definition) is 0. The molecule has 0 N–H and O–H groups in total. The quantitative estimate of drug-likeness (QED) is 0.255. The summed E-state index contributed by atoms with van der Waals surface area (Å²) < 4.78 is 88.9. The van der Waals surface area contributed by atoms with E-state index in [4.69, 9.17) is 11.6 Å². The number of hydrogen-bond acceptors (Lipinski definition) is 1. The minimum Gasteiger partial charge on any atom is -0.429 e. The van der Waals surface area contributed by atoms with Crippen LogP contribution in [0.2, 0.25) is 5.02 Å². The molecule has 0 radical (unpaired) electrons. The molecule has 2 aliphatic rings. The van der Waals surface area contributed by atoms with E-state index in [1.54, 1.807) is 0 Å². The predicted octanol–water partition coefficient (Wildman–Crippen LogP) is 9.90. The molecule has 0 aliphatic heterocycles. The van der Waals surface area contributed by atoms with Crippen LogP contribution in [0.5, 0.6) is 5.75 Å². The van der Waals surface area contributed by atoms with Crippen LogP contribution in [0.15, 0.2) is 24.3 Å². The van der Waals surface area contributed by atoms with Gasteiger partial charge in [-0.2, -0.15) is 8.78 Å². The van der Waals surface area contributed by atoms with Crippen molar-refractivity contribution < 1.29 is 31.1 Å². The Morgan fingerprint density at radius 2 is 1.39 bits per heavy atom. The van der Waals surface area contributed by atoms with Gasteiger partial charge in [0.05, 0.1) is 10.6 Å². The van der Waals surface area contributed by atoms with Crippen LogP contribution >= 0.6 is 11.6 Å². The van der Waals surface area contributed by atoms with Crippen molar-refractivity contribution in [2.45, 2.75) is 83.2 Å². The Balaban J connectivity index is 1.42. The van der Waals surface area contributed by atoms with Gasteiger partial charge in [0.2, 0.25) is 0 Å². The normalized spacial score (nSPS) is 25.1. The van der Waals surface area contributed by atoms with Gasteiger partial charge < -0.3 is 4.74 Å². The fourth-order valence-corrected chi connectivity index (χ4v) is 6.44. The first-order chi connectivity index (χ1) is 17.1. The maximum atomic E-state index is 15.2. The van der Waals surface area contributed by atoms with E-state index < -0.39 is 45.7 Å². The highest BCUT2D eigenvalue weighted by molar-refractivity contribution is 6.31. The Kier molecular flexibility index (Phi) is 8.48. The van der Waals surface area contributed by atoms with Gasteiger partial charge >= 0.3 is 6.11 Å². The molecule has 2 aromatic carbocycles. The standard InChI is InChI=1S/C28H31ClF6O/c1-2-3-16-4-6-17(7-5-16)18-8-10-19(11-9-18)21-12-13-22(25(29)26(21)32)28(34,35)36-20-14-23(30)27(33)24(31)15-20/h12-19H,2-11H2,1H3. The molecule has 0 unspecified atom stereocenters. The van der Waals surface area contributed by atoms with Crippen LogP contribution in [0, 0.1) is 41.0 Å². The van der Waals surface area contributed by atoms with Crippen molar-refractivity contribution in [3.05, 3.63) is 63.7 Å². The second kappa shape index (κ2) is 11.2. The van der Waals surface area contributed by atoms with Gasteiger partial charge in [-0.05, 0) is 73.8 Å². The minimum atomic E-state index is -4.19. The molecule has 4 rings (SSSR count). The molecule has 0 atom stereocenters. The van der Waals surface area contributed by atoms with Gasteiger partial charge in [-0.25, -0.2) is 17.6 Å². The maximum Gasteiger partial charge on any atom is 0.428 e. The topological polar surface area (TPSA) is 9.23 Å². The predicted molar refractivity (Wildman–Crippen MR) is 127 cm³/mol. The Bertz CT molecular complexity index is 1040. The molecule has 2 saturated carbocycles. The molecule has 198 valence electrons. The van der Waals surface area contributed by atoms with Gasteiger partial charge in [0.25, 0.3) is 0 Å². The first kappa shape index (κ1) is 27.2. The minimum absolute atomic E-state index is 0.112. The lowest BCUT2D eigenvalue weighted by Crippen LogP contribution is -2.26. The fraction of sp³-hybridized carbons (Fsp3) is 0.571. The Hall–Kier alpha value is -1.89. The first-order valence-electron chi connectivity index (χ1n) is 12.8. The molecule has 0 spiro atoms. The molecular weight excluding hydrogens is 502 g/mol. The zero-order chi connectivity index (χ0) is 26.0. The molecule has 2 aliphatic carbocycles. The van der Waals surface area contributed by atoms with Crippen molar-refractivity contribution in [1.29, 1.82) is 0 Å². The number of ether oxygens (including phenoxy) is 1. The summed E-state index contributed by atoms with van der Waals surface area (Å²) in [5, 5.41) is -0.795. The van der Waals surface area contributed by atoms with Crippen LogP contribution in [0.3, 0.4) is 0 Å². The van der Waals surface area contributed by atoms with Crippen molar-refractivity contribution in [3.8, 4) is 5.75 Å². The average Bonchev–Trinajstić information content (AvgIpc) is 2.84. The lowest BCUT2D eigenvalue weighted by atomic mass is 9.68. The summed E-state index contributed by atoms with van der Waals surface area (Å²) in [4.78, 5) is 0. The Morgan fingerprint density at radius 1 is 0.833 bits per heavy atom. The highest BCUT2D eigenvalue weighted by Gasteiger charge is 2.40. The molecule has 1 nitrogen and oxygen atoms in total. The average molecular weight is 533 g/mol. The highest BCUT2D eigenvalue weighted by atomic mass is 35.5. The molecule has 0 amide bonds. The van der Waals surface area contributed by atoms with Crippen LogP contribution in [0.25, 0.3) is 0 Å². The number of benzene rings is 2. The number of rotatable bonds is 7. The van der Waals surface area contributed by atoms with E-state index in [9.17, 15) is 22.0 Å². The van der Waals surface area contributed by atoms with Crippen LogP contribution in [-0.2, 0) is 6.11 Å². The van der Waals surface area contributed by atoms with E-state index >= 15 is 4.39 Å². The second-order valence-corrected chi connectivity index (χ2v) is 10.7. The third-order valence-electron chi connectivity index (χ3n) is 8.10. The van der Waals surface area contributed by atoms with Crippen molar-refractivity contribution >= 4 is 11.6 Å². The van der Waals surface area contributed by atoms with Crippen LogP contribution in [0.4, 0.5) is 26.3 Å². The van der Waals surface area contributed by atoms with Crippen molar-refractivity contribution in [2.24, 2.45) is 17.8 Å². The van der Waals surface area contributed by atoms with Crippen LogP contribution in [0.1, 0.15) is 88.2 Å². The van der Waals surface area contributed by atoms with Gasteiger partial charge in [-0.1, -0.05) is 50.3 Å². The molecular formula is C28H31ClF6O. The molecule has 0 heterocycles. The molecule has 36 heavy (non-hydrogen) atoms. The third kappa shape index (κ3) is 5.81. The lowest BCUT2D eigenvalue weighted by Gasteiger charge is -2.38. The van der Waals surface area contributed by atoms with E-state index in [2.05, 4.69) is 11.7 Å². The van der Waals surface area contributed by atoms with E-state index in [1.165, 1.54) is 44.6 Å². The zero-order valence-electron chi connectivity index (χ0n) is 20.2. The number of halogens is 7. The van der Waals surface area contributed by atoms with Crippen molar-refractivity contribution in [1.82, 2.24) is 0 Å². The highest BCUT2D eigenvalue weighted by Crippen LogP contribution is 2.46. The summed E-state index contributed by atoms with van der Waals surface area (Å²) in [7, 11) is 0. The zero-order valence-corrected chi connectivity index (χ0v) is 21.0. The molecule has 8 heteroatoms. The maximum absolute atomic E-state index is 15.2.